The van der Waals surface area contributed by atoms with Gasteiger partial charge in [-0.1, -0.05) is 18.2 Å². The zero-order valence-electron chi connectivity index (χ0n) is 11.5. The Bertz CT molecular complexity index is 598. The number of ether oxygens (including phenoxy) is 1. The van der Waals surface area contributed by atoms with Crippen molar-refractivity contribution in [2.24, 2.45) is 0 Å². The predicted octanol–water partition coefficient (Wildman–Crippen LogP) is 4.31. The highest BCUT2D eigenvalue weighted by Crippen LogP contribution is 2.16. The van der Waals surface area contributed by atoms with E-state index in [2.05, 4.69) is 0 Å². The average Bonchev–Trinajstić information content (AvgIpc) is 2.53. The summed E-state index contributed by atoms with van der Waals surface area (Å²) in [6.07, 6.45) is 5.42. The summed E-state index contributed by atoms with van der Waals surface area (Å²) < 4.78 is 5.09. The van der Waals surface area contributed by atoms with Gasteiger partial charge >= 0.3 is 0 Å². The molecule has 0 aromatic heterocycles. The van der Waals surface area contributed by atoms with Crippen LogP contribution in [0.1, 0.15) is 15.9 Å². The number of hydrogen-bond donors (Lipinski definition) is 0. The summed E-state index contributed by atoms with van der Waals surface area (Å²) in [7, 11) is 1.63. The average molecular weight is 284 g/mol. The van der Waals surface area contributed by atoms with Crippen LogP contribution in [-0.4, -0.2) is 19.1 Å². The molecule has 2 rings (SSSR count). The van der Waals surface area contributed by atoms with Crippen LogP contribution < -0.4 is 4.74 Å². The molecule has 0 atom stereocenters. The number of benzene rings is 2. The van der Waals surface area contributed by atoms with Gasteiger partial charge < -0.3 is 4.74 Å². The molecule has 0 saturated heterocycles. The maximum absolute atomic E-state index is 12.0. The van der Waals surface area contributed by atoms with Crippen molar-refractivity contribution in [1.29, 1.82) is 0 Å². The van der Waals surface area contributed by atoms with E-state index in [0.29, 0.717) is 5.56 Å². The summed E-state index contributed by atoms with van der Waals surface area (Å²) in [5.74, 6) is 0.814. The van der Waals surface area contributed by atoms with Crippen LogP contribution in [0.15, 0.2) is 59.5 Å². The zero-order chi connectivity index (χ0) is 14.4. The predicted molar refractivity (Wildman–Crippen MR) is 84.6 cm³/mol. The number of thioether (sulfide) groups is 1. The summed E-state index contributed by atoms with van der Waals surface area (Å²) in [4.78, 5) is 13.2. The lowest BCUT2D eigenvalue weighted by Gasteiger charge is -2.00. The van der Waals surface area contributed by atoms with E-state index in [1.807, 2.05) is 60.9 Å². The van der Waals surface area contributed by atoms with Gasteiger partial charge in [-0.15, -0.1) is 11.8 Å². The molecular formula is C17H16O2S. The van der Waals surface area contributed by atoms with E-state index >= 15 is 0 Å². The van der Waals surface area contributed by atoms with E-state index in [1.165, 1.54) is 0 Å². The van der Waals surface area contributed by atoms with Crippen LogP contribution in [0.3, 0.4) is 0 Å². The van der Waals surface area contributed by atoms with Gasteiger partial charge in [0.2, 0.25) is 0 Å². The van der Waals surface area contributed by atoms with Crippen LogP contribution in [0, 0.1) is 0 Å². The third-order valence-electron chi connectivity index (χ3n) is 2.92. The lowest BCUT2D eigenvalue weighted by molar-refractivity contribution is 0.104. The molecule has 2 nitrogen and oxygen atoms in total. The smallest absolute Gasteiger partial charge is 0.185 e. The third kappa shape index (κ3) is 3.75. The minimum Gasteiger partial charge on any atom is -0.497 e. The summed E-state index contributed by atoms with van der Waals surface area (Å²) in [6.45, 7) is 0. The molecule has 0 saturated carbocycles. The minimum absolute atomic E-state index is 0.00784. The first-order valence-electron chi connectivity index (χ1n) is 6.23. The lowest BCUT2D eigenvalue weighted by Crippen LogP contribution is -1.93. The Morgan fingerprint density at radius 1 is 1.05 bits per heavy atom. The number of methoxy groups -OCH3 is 1. The van der Waals surface area contributed by atoms with Gasteiger partial charge in [0, 0.05) is 10.5 Å². The van der Waals surface area contributed by atoms with E-state index in [-0.39, 0.29) is 5.78 Å². The minimum atomic E-state index is 0.00784. The highest BCUT2D eigenvalue weighted by atomic mass is 32.2. The third-order valence-corrected chi connectivity index (χ3v) is 3.66. The molecule has 0 radical (unpaired) electrons. The van der Waals surface area contributed by atoms with E-state index in [0.717, 1.165) is 16.2 Å². The van der Waals surface area contributed by atoms with Crippen LogP contribution >= 0.6 is 11.8 Å². The summed E-state index contributed by atoms with van der Waals surface area (Å²) in [5.41, 5.74) is 1.67. The Kier molecular flexibility index (Phi) is 5.02. The van der Waals surface area contributed by atoms with Gasteiger partial charge in [-0.3, -0.25) is 4.79 Å². The van der Waals surface area contributed by atoms with Gasteiger partial charge in [-0.05, 0) is 54.3 Å². The molecule has 0 aliphatic carbocycles. The van der Waals surface area contributed by atoms with Gasteiger partial charge in [-0.25, -0.2) is 0 Å². The molecule has 0 aliphatic rings. The molecule has 0 N–H and O–H groups in total. The molecule has 0 unspecified atom stereocenters. The number of rotatable bonds is 5. The highest BCUT2D eigenvalue weighted by molar-refractivity contribution is 7.98. The van der Waals surface area contributed by atoms with Gasteiger partial charge in [-0.2, -0.15) is 0 Å². The zero-order valence-corrected chi connectivity index (χ0v) is 12.3. The van der Waals surface area contributed by atoms with Crippen LogP contribution in [0.4, 0.5) is 0 Å². The van der Waals surface area contributed by atoms with Gasteiger partial charge in [0.25, 0.3) is 0 Å². The summed E-state index contributed by atoms with van der Waals surface area (Å²) in [5, 5.41) is 0. The number of carbonyl (C=O) groups excluding carboxylic acids is 1. The van der Waals surface area contributed by atoms with Crippen LogP contribution in [-0.2, 0) is 0 Å². The Morgan fingerprint density at radius 2 is 1.70 bits per heavy atom. The molecule has 3 heteroatoms. The molecule has 0 bridgehead atoms. The van der Waals surface area contributed by atoms with E-state index in [1.54, 1.807) is 24.9 Å². The second-order valence-corrected chi connectivity index (χ2v) is 5.08. The molecule has 102 valence electrons. The Morgan fingerprint density at radius 3 is 2.25 bits per heavy atom. The van der Waals surface area contributed by atoms with Gasteiger partial charge in [0.1, 0.15) is 5.75 Å². The quantitative estimate of drug-likeness (QED) is 0.465. The monoisotopic (exact) mass is 284 g/mol. The maximum atomic E-state index is 12.0. The van der Waals surface area contributed by atoms with E-state index in [4.69, 9.17) is 4.74 Å². The van der Waals surface area contributed by atoms with Crippen molar-refractivity contribution in [2.75, 3.05) is 13.4 Å². The molecule has 0 heterocycles. The van der Waals surface area contributed by atoms with Crippen LogP contribution in [0.2, 0.25) is 0 Å². The number of allylic oxidation sites excluding steroid dienone is 1. The molecular weight excluding hydrogens is 268 g/mol. The highest BCUT2D eigenvalue weighted by Gasteiger charge is 2.01. The second-order valence-electron chi connectivity index (χ2n) is 4.20. The van der Waals surface area contributed by atoms with Crippen molar-refractivity contribution < 1.29 is 9.53 Å². The van der Waals surface area contributed by atoms with Crippen molar-refractivity contribution >= 4 is 23.6 Å². The lowest BCUT2D eigenvalue weighted by atomic mass is 10.1. The Hall–Kier alpha value is -2.00. The van der Waals surface area contributed by atoms with Crippen LogP contribution in [0.5, 0.6) is 5.75 Å². The van der Waals surface area contributed by atoms with Crippen molar-refractivity contribution in [1.82, 2.24) is 0 Å². The van der Waals surface area contributed by atoms with Crippen molar-refractivity contribution in [3.63, 3.8) is 0 Å². The fraction of sp³-hybridized carbons (Fsp3) is 0.118. The summed E-state index contributed by atoms with van der Waals surface area (Å²) >= 11 is 1.66. The molecule has 0 fully saturated rings. The van der Waals surface area contributed by atoms with Crippen molar-refractivity contribution in [3.8, 4) is 5.75 Å². The fourth-order valence-electron chi connectivity index (χ4n) is 1.74. The summed E-state index contributed by atoms with van der Waals surface area (Å²) in [6, 6.07) is 15.2. The topological polar surface area (TPSA) is 26.3 Å². The molecule has 2 aromatic rings. The molecule has 20 heavy (non-hydrogen) atoms. The first kappa shape index (κ1) is 14.4. The Balaban J connectivity index is 2.07. The second kappa shape index (κ2) is 6.96. The van der Waals surface area contributed by atoms with Crippen LogP contribution in [0.25, 0.3) is 6.08 Å². The number of ketones is 1. The SMILES string of the molecule is COc1ccc(C=CC(=O)c2ccc(SC)cc2)cc1. The Labute approximate surface area is 123 Å². The van der Waals surface area contributed by atoms with E-state index < -0.39 is 0 Å². The maximum Gasteiger partial charge on any atom is 0.185 e. The first-order valence-corrected chi connectivity index (χ1v) is 7.46. The fourth-order valence-corrected chi connectivity index (χ4v) is 2.15. The van der Waals surface area contributed by atoms with E-state index in [9.17, 15) is 4.79 Å². The standard InChI is InChI=1S/C17H16O2S/c1-19-15-8-3-13(4-9-15)5-12-17(18)14-6-10-16(20-2)11-7-14/h3-12H,1-2H3. The first-order chi connectivity index (χ1) is 9.72. The van der Waals surface area contributed by atoms with Crippen molar-refractivity contribution in [3.05, 3.63) is 65.7 Å². The molecule has 2 aromatic carbocycles. The number of hydrogen-bond acceptors (Lipinski definition) is 3. The van der Waals surface area contributed by atoms with Crippen molar-refractivity contribution in [2.45, 2.75) is 4.90 Å². The number of carbonyl (C=O) groups is 1. The van der Waals surface area contributed by atoms with Gasteiger partial charge in [0.05, 0.1) is 7.11 Å². The normalized spacial score (nSPS) is 10.7. The largest absolute Gasteiger partial charge is 0.497 e. The molecule has 0 aliphatic heterocycles. The molecule has 0 amide bonds. The molecule has 0 spiro atoms. The van der Waals surface area contributed by atoms with Gasteiger partial charge in [0.15, 0.2) is 5.78 Å².